The highest BCUT2D eigenvalue weighted by Gasteiger charge is 2.00. The fourth-order valence-corrected chi connectivity index (χ4v) is 2.36. The molecule has 0 radical (unpaired) electrons. The maximum absolute atomic E-state index is 13.4. The monoisotopic (exact) mass is 268 g/mol. The molecule has 20 heavy (non-hydrogen) atoms. The lowest BCUT2D eigenvalue weighted by Crippen LogP contribution is -2.17. The molecule has 3 rings (SSSR count). The summed E-state index contributed by atoms with van der Waals surface area (Å²) in [6.07, 6.45) is 2.89. The summed E-state index contributed by atoms with van der Waals surface area (Å²) in [4.78, 5) is 3.18. The number of hydrogen-bond donors (Lipinski definition) is 2. The summed E-state index contributed by atoms with van der Waals surface area (Å²) in [5.74, 6) is -0.145. The molecule has 3 aromatic rings. The number of halogens is 1. The fraction of sp³-hybridized carbons (Fsp3) is 0.176. The third-order valence-electron chi connectivity index (χ3n) is 3.48. The Morgan fingerprint density at radius 1 is 1.05 bits per heavy atom. The van der Waals surface area contributed by atoms with Gasteiger partial charge in [-0.1, -0.05) is 24.3 Å². The van der Waals surface area contributed by atoms with Gasteiger partial charge in [0.2, 0.25) is 0 Å². The standard InChI is InChI=1S/C17H17FN2/c18-16-4-2-1-3-15(16)12-19-9-7-13-5-6-17-14(11-13)8-10-20-17/h1-6,8,10-11,19-20H,7,9,12H2. The first-order valence-corrected chi connectivity index (χ1v) is 6.83. The third kappa shape index (κ3) is 2.89. The van der Waals surface area contributed by atoms with Crippen molar-refractivity contribution in [1.29, 1.82) is 0 Å². The van der Waals surface area contributed by atoms with E-state index in [0.717, 1.165) is 18.5 Å². The van der Waals surface area contributed by atoms with Gasteiger partial charge in [-0.25, -0.2) is 4.39 Å². The highest BCUT2D eigenvalue weighted by atomic mass is 19.1. The number of aromatic amines is 1. The van der Waals surface area contributed by atoms with E-state index in [9.17, 15) is 4.39 Å². The van der Waals surface area contributed by atoms with Crippen LogP contribution in [0.1, 0.15) is 11.1 Å². The Balaban J connectivity index is 1.53. The summed E-state index contributed by atoms with van der Waals surface area (Å²) < 4.78 is 13.4. The van der Waals surface area contributed by atoms with Gasteiger partial charge in [-0.15, -0.1) is 0 Å². The van der Waals surface area contributed by atoms with Gasteiger partial charge in [-0.2, -0.15) is 0 Å². The minimum Gasteiger partial charge on any atom is -0.361 e. The molecule has 0 unspecified atom stereocenters. The van der Waals surface area contributed by atoms with E-state index < -0.39 is 0 Å². The average Bonchev–Trinajstić information content (AvgIpc) is 2.93. The number of rotatable bonds is 5. The van der Waals surface area contributed by atoms with Crippen molar-refractivity contribution in [2.45, 2.75) is 13.0 Å². The normalized spacial score (nSPS) is 11.1. The van der Waals surface area contributed by atoms with Crippen LogP contribution >= 0.6 is 0 Å². The van der Waals surface area contributed by atoms with Crippen LogP contribution in [0, 0.1) is 5.82 Å². The van der Waals surface area contributed by atoms with E-state index in [4.69, 9.17) is 0 Å². The number of aromatic nitrogens is 1. The van der Waals surface area contributed by atoms with Crippen molar-refractivity contribution >= 4 is 10.9 Å². The predicted molar refractivity (Wildman–Crippen MR) is 80.1 cm³/mol. The van der Waals surface area contributed by atoms with E-state index in [0.29, 0.717) is 12.1 Å². The van der Waals surface area contributed by atoms with Crippen LogP contribution < -0.4 is 5.32 Å². The maximum Gasteiger partial charge on any atom is 0.127 e. The third-order valence-corrected chi connectivity index (χ3v) is 3.48. The zero-order chi connectivity index (χ0) is 13.8. The van der Waals surface area contributed by atoms with Gasteiger partial charge in [0, 0.05) is 23.8 Å². The lowest BCUT2D eigenvalue weighted by atomic mass is 10.1. The minimum atomic E-state index is -0.145. The van der Waals surface area contributed by atoms with Gasteiger partial charge in [0.25, 0.3) is 0 Å². The van der Waals surface area contributed by atoms with Gasteiger partial charge < -0.3 is 10.3 Å². The van der Waals surface area contributed by atoms with E-state index in [1.54, 1.807) is 6.07 Å². The Morgan fingerprint density at radius 3 is 2.85 bits per heavy atom. The van der Waals surface area contributed by atoms with Crippen LogP contribution in [-0.2, 0) is 13.0 Å². The summed E-state index contributed by atoms with van der Waals surface area (Å²) in [5, 5.41) is 4.52. The second kappa shape index (κ2) is 5.88. The molecular weight excluding hydrogens is 251 g/mol. The topological polar surface area (TPSA) is 27.8 Å². The summed E-state index contributed by atoms with van der Waals surface area (Å²) in [6.45, 7) is 1.41. The molecule has 2 aromatic carbocycles. The molecule has 0 aliphatic rings. The fourth-order valence-electron chi connectivity index (χ4n) is 2.36. The van der Waals surface area contributed by atoms with Crippen molar-refractivity contribution in [1.82, 2.24) is 10.3 Å². The quantitative estimate of drug-likeness (QED) is 0.679. The summed E-state index contributed by atoms with van der Waals surface area (Å²) in [5.41, 5.74) is 3.17. The molecule has 0 spiro atoms. The molecule has 0 bridgehead atoms. The van der Waals surface area contributed by atoms with Crippen molar-refractivity contribution in [3.05, 3.63) is 71.7 Å². The van der Waals surface area contributed by atoms with Crippen molar-refractivity contribution in [3.63, 3.8) is 0 Å². The van der Waals surface area contributed by atoms with Crippen molar-refractivity contribution in [2.75, 3.05) is 6.54 Å². The zero-order valence-corrected chi connectivity index (χ0v) is 11.2. The van der Waals surface area contributed by atoms with Crippen LogP contribution in [0.5, 0.6) is 0 Å². The molecule has 2 nitrogen and oxygen atoms in total. The van der Waals surface area contributed by atoms with Crippen LogP contribution in [-0.4, -0.2) is 11.5 Å². The lowest BCUT2D eigenvalue weighted by molar-refractivity contribution is 0.588. The molecule has 2 N–H and O–H groups in total. The van der Waals surface area contributed by atoms with E-state index in [1.807, 2.05) is 18.3 Å². The Bertz CT molecular complexity index is 703. The Hall–Kier alpha value is -2.13. The van der Waals surface area contributed by atoms with E-state index in [-0.39, 0.29) is 5.82 Å². The molecule has 0 saturated heterocycles. The molecule has 1 aromatic heterocycles. The van der Waals surface area contributed by atoms with Crippen molar-refractivity contribution in [2.24, 2.45) is 0 Å². The van der Waals surface area contributed by atoms with Gasteiger partial charge in [0.15, 0.2) is 0 Å². The predicted octanol–water partition coefficient (Wildman–Crippen LogP) is 3.64. The smallest absolute Gasteiger partial charge is 0.127 e. The molecule has 0 atom stereocenters. The van der Waals surface area contributed by atoms with Gasteiger partial charge >= 0.3 is 0 Å². The molecular formula is C17H17FN2. The minimum absolute atomic E-state index is 0.145. The first-order valence-electron chi connectivity index (χ1n) is 6.83. The molecule has 0 amide bonds. The van der Waals surface area contributed by atoms with Crippen molar-refractivity contribution in [3.8, 4) is 0 Å². The Labute approximate surface area is 117 Å². The average molecular weight is 268 g/mol. The lowest BCUT2D eigenvalue weighted by Gasteiger charge is -2.06. The summed E-state index contributed by atoms with van der Waals surface area (Å²) in [7, 11) is 0. The Morgan fingerprint density at radius 2 is 1.95 bits per heavy atom. The number of fused-ring (bicyclic) bond motifs is 1. The van der Waals surface area contributed by atoms with E-state index in [2.05, 4.69) is 34.6 Å². The van der Waals surface area contributed by atoms with E-state index in [1.165, 1.54) is 17.0 Å². The molecule has 0 fully saturated rings. The van der Waals surface area contributed by atoms with Gasteiger partial charge in [-0.3, -0.25) is 0 Å². The molecule has 1 heterocycles. The molecule has 3 heteroatoms. The van der Waals surface area contributed by atoms with Crippen LogP contribution in [0.2, 0.25) is 0 Å². The number of hydrogen-bond acceptors (Lipinski definition) is 1. The van der Waals surface area contributed by atoms with E-state index >= 15 is 0 Å². The van der Waals surface area contributed by atoms with Gasteiger partial charge in [0.1, 0.15) is 5.82 Å². The van der Waals surface area contributed by atoms with Crippen molar-refractivity contribution < 1.29 is 4.39 Å². The maximum atomic E-state index is 13.4. The Kier molecular flexibility index (Phi) is 3.79. The number of H-pyrrole nitrogens is 1. The number of nitrogens with one attached hydrogen (secondary N) is 2. The molecule has 0 aliphatic carbocycles. The largest absolute Gasteiger partial charge is 0.361 e. The van der Waals surface area contributed by atoms with Crippen LogP contribution in [0.25, 0.3) is 10.9 Å². The van der Waals surface area contributed by atoms with Crippen LogP contribution in [0.15, 0.2) is 54.7 Å². The second-order valence-electron chi connectivity index (χ2n) is 4.92. The highest BCUT2D eigenvalue weighted by Crippen LogP contribution is 2.14. The second-order valence-corrected chi connectivity index (χ2v) is 4.92. The molecule has 102 valence electrons. The SMILES string of the molecule is Fc1ccccc1CNCCc1ccc2[nH]ccc2c1. The van der Waals surface area contributed by atoms with Gasteiger partial charge in [0.05, 0.1) is 0 Å². The molecule has 0 aliphatic heterocycles. The summed E-state index contributed by atoms with van der Waals surface area (Å²) in [6, 6.07) is 15.4. The first-order chi connectivity index (χ1) is 9.83. The van der Waals surface area contributed by atoms with Gasteiger partial charge in [-0.05, 0) is 48.2 Å². The zero-order valence-electron chi connectivity index (χ0n) is 11.2. The first kappa shape index (κ1) is 12.9. The summed E-state index contributed by atoms with van der Waals surface area (Å²) >= 11 is 0. The number of benzene rings is 2. The highest BCUT2D eigenvalue weighted by molar-refractivity contribution is 5.79. The van der Waals surface area contributed by atoms with Crippen LogP contribution in [0.3, 0.4) is 0 Å². The van der Waals surface area contributed by atoms with Crippen LogP contribution in [0.4, 0.5) is 4.39 Å². The molecule has 0 saturated carbocycles.